The van der Waals surface area contributed by atoms with Gasteiger partial charge in [0, 0.05) is 6.08 Å². The minimum absolute atomic E-state index is 0.116. The van der Waals surface area contributed by atoms with E-state index in [9.17, 15) is 61.0 Å². The molecule has 53 heavy (non-hydrogen) atoms. The molecule has 19 heteroatoms. The number of esters is 1. The lowest BCUT2D eigenvalue weighted by molar-refractivity contribution is -0.385. The topological polar surface area (TPSA) is 304 Å². The van der Waals surface area contributed by atoms with Crippen molar-refractivity contribution >= 4 is 12.0 Å². The second-order valence-corrected chi connectivity index (χ2v) is 12.8. The number of phenolic OH excluding ortho intramolecular Hbond substituents is 4. The van der Waals surface area contributed by atoms with E-state index < -0.39 is 111 Å². The number of ether oxygens (including phenoxy) is 7. The molecule has 14 atom stereocenters. The molecule has 0 bridgehead atoms. The first-order valence-electron chi connectivity index (χ1n) is 16.6. The molecule has 2 aromatic rings. The number of rotatable bonds is 12. The number of benzene rings is 2. The van der Waals surface area contributed by atoms with Crippen molar-refractivity contribution in [3.05, 3.63) is 53.6 Å². The molecule has 0 spiro atoms. The first-order chi connectivity index (χ1) is 25.1. The van der Waals surface area contributed by atoms with Gasteiger partial charge in [0.25, 0.3) is 0 Å². The third-order valence-electron chi connectivity index (χ3n) is 8.98. The van der Waals surface area contributed by atoms with E-state index in [1.165, 1.54) is 49.4 Å². The molecule has 5 rings (SSSR count). The second kappa shape index (κ2) is 17.6. The zero-order chi connectivity index (χ0) is 38.6. The van der Waals surface area contributed by atoms with E-state index >= 15 is 0 Å². The predicted molar refractivity (Wildman–Crippen MR) is 174 cm³/mol. The summed E-state index contributed by atoms with van der Waals surface area (Å²) in [4.78, 5) is 12.7. The molecule has 0 radical (unpaired) electrons. The van der Waals surface area contributed by atoms with Crippen molar-refractivity contribution in [1.82, 2.24) is 0 Å². The first-order valence-corrected chi connectivity index (χ1v) is 16.6. The van der Waals surface area contributed by atoms with Gasteiger partial charge in [-0.1, -0.05) is 12.1 Å². The fourth-order valence-electron chi connectivity index (χ4n) is 5.84. The number of carbonyl (C=O) groups excluding carboxylic acids is 1. The number of aliphatic hydroxyl groups excluding tert-OH is 7. The zero-order valence-corrected chi connectivity index (χ0v) is 28.2. The van der Waals surface area contributed by atoms with Gasteiger partial charge in [0.15, 0.2) is 41.9 Å². The summed E-state index contributed by atoms with van der Waals surface area (Å²) in [7, 11) is 0. The standard InChI is InChI=1S/C34H44O19/c1-14-24(41)27(44)29(46)33(50-14)52-30-26(43)22(13-48-23(40)7-4-15-2-5-17(35)19(37)10-15)51-34(47-9-8-16-3-6-18(36)20(38)11-16)31(30)53-32-28(45)25(42)21(39)12-49-32/h2-7,10-11,14,21-22,24-39,41-46H,8-9,12-13H2,1H3/b7-4+/t14-,21-,22+,24-,25+,26+,27+,28+,29+,30-,31+,32-,33-,34+/m0/s1. The van der Waals surface area contributed by atoms with Gasteiger partial charge in [-0.15, -0.1) is 0 Å². The van der Waals surface area contributed by atoms with Gasteiger partial charge in [-0.2, -0.15) is 0 Å². The van der Waals surface area contributed by atoms with Crippen molar-refractivity contribution in [2.45, 2.75) is 99.4 Å². The molecule has 3 aliphatic heterocycles. The van der Waals surface area contributed by atoms with E-state index in [0.717, 1.165) is 6.08 Å². The largest absolute Gasteiger partial charge is 0.504 e. The minimum atomic E-state index is -1.85. The van der Waals surface area contributed by atoms with Crippen molar-refractivity contribution in [1.29, 1.82) is 0 Å². The molecule has 294 valence electrons. The van der Waals surface area contributed by atoms with Gasteiger partial charge < -0.3 is 89.3 Å². The molecular formula is C34H44O19. The van der Waals surface area contributed by atoms with Gasteiger partial charge in [-0.05, 0) is 54.8 Å². The number of aliphatic hydroxyl groups is 7. The summed E-state index contributed by atoms with van der Waals surface area (Å²) in [6, 6.07) is 7.90. The molecule has 3 heterocycles. The molecule has 3 aliphatic rings. The van der Waals surface area contributed by atoms with E-state index in [1.807, 2.05) is 0 Å². The molecule has 0 amide bonds. The van der Waals surface area contributed by atoms with Crippen LogP contribution < -0.4 is 0 Å². The molecule has 19 nitrogen and oxygen atoms in total. The Kier molecular flexibility index (Phi) is 13.5. The maximum atomic E-state index is 12.7. The lowest BCUT2D eigenvalue weighted by Gasteiger charge is -2.48. The van der Waals surface area contributed by atoms with Gasteiger partial charge in [0.1, 0.15) is 67.6 Å². The van der Waals surface area contributed by atoms with Crippen molar-refractivity contribution in [2.75, 3.05) is 19.8 Å². The lowest BCUT2D eigenvalue weighted by Crippen LogP contribution is -2.66. The molecule has 0 aromatic heterocycles. The second-order valence-electron chi connectivity index (χ2n) is 12.8. The van der Waals surface area contributed by atoms with Crippen molar-refractivity contribution in [2.24, 2.45) is 0 Å². The summed E-state index contributed by atoms with van der Waals surface area (Å²) in [6.07, 6.45) is -20.2. The Balaban J connectivity index is 1.40. The van der Waals surface area contributed by atoms with E-state index in [2.05, 4.69) is 0 Å². The van der Waals surface area contributed by atoms with E-state index in [0.29, 0.717) is 11.1 Å². The SMILES string of the molecule is C[C@@H]1O[C@@H](O[C@H]2[C@H](O)[C@@H](COC(=O)/C=C/c3ccc(O)c(O)c3)O[C@@H](OCCc3ccc(O)c(O)c3)[C@@H]2O[C@@H]2OC[C@H](O)[C@@H](O)[C@H]2O)[C@H](O)[C@H](O)[C@H]1O. The summed E-state index contributed by atoms with van der Waals surface area (Å²) in [5.41, 5.74) is 0.858. The monoisotopic (exact) mass is 756 g/mol. The van der Waals surface area contributed by atoms with Crippen LogP contribution in [0.2, 0.25) is 0 Å². The summed E-state index contributed by atoms with van der Waals surface area (Å²) < 4.78 is 40.2. The van der Waals surface area contributed by atoms with Gasteiger partial charge in [-0.25, -0.2) is 4.79 Å². The molecule has 0 unspecified atom stereocenters. The fourth-order valence-corrected chi connectivity index (χ4v) is 5.84. The van der Waals surface area contributed by atoms with Crippen LogP contribution in [-0.4, -0.2) is 168 Å². The molecule has 2 aromatic carbocycles. The first kappa shape index (κ1) is 40.5. The van der Waals surface area contributed by atoms with Gasteiger partial charge in [0.05, 0.1) is 19.3 Å². The Hall–Kier alpha value is -3.67. The predicted octanol–water partition coefficient (Wildman–Crippen LogP) is -2.55. The highest BCUT2D eigenvalue weighted by Gasteiger charge is 2.53. The average Bonchev–Trinajstić information content (AvgIpc) is 3.13. The summed E-state index contributed by atoms with van der Waals surface area (Å²) in [6.45, 7) is 0.114. The third-order valence-corrected chi connectivity index (χ3v) is 8.98. The Bertz CT molecular complexity index is 1560. The van der Waals surface area contributed by atoms with Crippen molar-refractivity contribution in [3.63, 3.8) is 0 Å². The summed E-state index contributed by atoms with van der Waals surface area (Å²) >= 11 is 0. The van der Waals surface area contributed by atoms with Crippen LogP contribution >= 0.6 is 0 Å². The van der Waals surface area contributed by atoms with E-state index in [4.69, 9.17) is 33.2 Å². The quantitative estimate of drug-likeness (QED) is 0.0603. The lowest BCUT2D eigenvalue weighted by atomic mass is 9.96. The molecule has 11 N–H and O–H groups in total. The normalized spacial score (nSPS) is 36.4. The van der Waals surface area contributed by atoms with Crippen LogP contribution in [0.4, 0.5) is 0 Å². The third kappa shape index (κ3) is 9.72. The number of phenols is 4. The van der Waals surface area contributed by atoms with Gasteiger partial charge in [0.2, 0.25) is 0 Å². The highest BCUT2D eigenvalue weighted by atomic mass is 16.8. The van der Waals surface area contributed by atoms with Crippen molar-refractivity contribution < 1.29 is 94.1 Å². The smallest absolute Gasteiger partial charge is 0.330 e. The Morgan fingerprint density at radius 1 is 0.736 bits per heavy atom. The Labute approximate surface area is 302 Å². The van der Waals surface area contributed by atoms with Crippen LogP contribution in [0.3, 0.4) is 0 Å². The van der Waals surface area contributed by atoms with Gasteiger partial charge >= 0.3 is 5.97 Å². The highest BCUT2D eigenvalue weighted by molar-refractivity contribution is 5.87. The van der Waals surface area contributed by atoms with Crippen LogP contribution in [-0.2, 0) is 44.4 Å². The minimum Gasteiger partial charge on any atom is -0.504 e. The Morgan fingerprint density at radius 2 is 1.40 bits per heavy atom. The molecular weight excluding hydrogens is 712 g/mol. The van der Waals surface area contributed by atoms with Crippen LogP contribution in [0, 0.1) is 0 Å². The molecule has 3 saturated heterocycles. The summed E-state index contributed by atoms with van der Waals surface area (Å²) in [5.74, 6) is -2.44. The average molecular weight is 757 g/mol. The zero-order valence-electron chi connectivity index (χ0n) is 28.2. The fraction of sp³-hybridized carbons (Fsp3) is 0.559. The molecule has 0 aliphatic carbocycles. The molecule has 3 fully saturated rings. The van der Waals surface area contributed by atoms with E-state index in [-0.39, 0.29) is 30.3 Å². The van der Waals surface area contributed by atoms with Crippen LogP contribution in [0.25, 0.3) is 6.08 Å². The molecule has 0 saturated carbocycles. The number of carbonyl (C=O) groups is 1. The van der Waals surface area contributed by atoms with Crippen LogP contribution in [0.5, 0.6) is 23.0 Å². The maximum Gasteiger partial charge on any atom is 0.330 e. The van der Waals surface area contributed by atoms with Gasteiger partial charge in [-0.3, -0.25) is 0 Å². The maximum absolute atomic E-state index is 12.7. The number of hydrogen-bond donors (Lipinski definition) is 11. The van der Waals surface area contributed by atoms with Crippen LogP contribution in [0.1, 0.15) is 18.1 Å². The highest BCUT2D eigenvalue weighted by Crippen LogP contribution is 2.34. The van der Waals surface area contributed by atoms with Crippen LogP contribution in [0.15, 0.2) is 42.5 Å². The Morgan fingerprint density at radius 3 is 2.09 bits per heavy atom. The van der Waals surface area contributed by atoms with E-state index in [1.54, 1.807) is 0 Å². The number of aromatic hydroxyl groups is 4. The number of hydrogen-bond acceptors (Lipinski definition) is 19. The van der Waals surface area contributed by atoms with Crippen molar-refractivity contribution in [3.8, 4) is 23.0 Å². The summed E-state index contributed by atoms with van der Waals surface area (Å²) in [5, 5.41) is 113.